The van der Waals surface area contributed by atoms with Gasteiger partial charge >= 0.3 is 6.18 Å². The smallest absolute Gasteiger partial charge is 0.416 e. The van der Waals surface area contributed by atoms with Crippen LogP contribution in [0, 0.1) is 19.3 Å². The maximum atomic E-state index is 12.9. The maximum Gasteiger partial charge on any atom is 0.416 e. The molecule has 32 heavy (non-hydrogen) atoms. The number of alkyl halides is 3. The van der Waals surface area contributed by atoms with Crippen LogP contribution in [0.25, 0.3) is 0 Å². The number of nitrogens with one attached hydrogen (secondary N) is 2. The second-order valence-corrected chi connectivity index (χ2v) is 9.02. The Morgan fingerprint density at radius 1 is 1.12 bits per heavy atom. The second kappa shape index (κ2) is 10.5. The van der Waals surface area contributed by atoms with E-state index in [4.69, 9.17) is 28.6 Å². The van der Waals surface area contributed by atoms with Gasteiger partial charge in [0.2, 0.25) is 5.91 Å². The Hall–Kier alpha value is -2.32. The zero-order chi connectivity index (χ0) is 24.1. The Morgan fingerprint density at radius 3 is 2.47 bits per heavy atom. The number of rotatable bonds is 7. The molecule has 0 aliphatic rings. The van der Waals surface area contributed by atoms with Gasteiger partial charge in [-0.05, 0) is 74.3 Å². The summed E-state index contributed by atoms with van der Waals surface area (Å²) in [6.45, 7) is 7.93. The molecule has 0 saturated heterocycles. The van der Waals surface area contributed by atoms with E-state index in [9.17, 15) is 18.0 Å². The number of anilines is 1. The summed E-state index contributed by atoms with van der Waals surface area (Å²) < 4.78 is 44.6. The van der Waals surface area contributed by atoms with E-state index in [1.165, 1.54) is 0 Å². The van der Waals surface area contributed by atoms with Crippen molar-refractivity contribution in [3.8, 4) is 5.75 Å². The summed E-state index contributed by atoms with van der Waals surface area (Å²) in [6, 6.07) is 8.81. The summed E-state index contributed by atoms with van der Waals surface area (Å²) in [5, 5.41) is 5.02. The van der Waals surface area contributed by atoms with Crippen LogP contribution in [0.1, 0.15) is 43.4 Å². The molecule has 0 spiro atoms. The summed E-state index contributed by atoms with van der Waals surface area (Å²) >= 11 is 11.1. The molecule has 0 atom stereocenters. The second-order valence-electron chi connectivity index (χ2n) is 8.21. The molecule has 1 amide bonds. The first-order valence-corrected chi connectivity index (χ1v) is 10.8. The number of halogens is 4. The van der Waals surface area contributed by atoms with E-state index in [1.807, 2.05) is 32.0 Å². The SMILES string of the molecule is Cc1ccc(C)c(OCCCC(C)(C)C(=O)NC(=S)Nc2cc(C(F)(F)F)ccc2Cl)c1. The number of hydrogen-bond donors (Lipinski definition) is 2. The lowest BCUT2D eigenvalue weighted by molar-refractivity contribution is -0.137. The topological polar surface area (TPSA) is 50.4 Å². The molecule has 2 aromatic rings. The van der Waals surface area contributed by atoms with Crippen LogP contribution in [0.5, 0.6) is 5.75 Å². The highest BCUT2D eigenvalue weighted by atomic mass is 35.5. The third-order valence-corrected chi connectivity index (χ3v) is 5.46. The molecule has 0 aliphatic heterocycles. The van der Waals surface area contributed by atoms with Gasteiger partial charge in [-0.1, -0.05) is 37.6 Å². The fourth-order valence-electron chi connectivity index (χ4n) is 2.90. The molecular weight excluding hydrogens is 461 g/mol. The standard InChI is InChI=1S/C23H26ClF3N2O2S/c1-14-6-7-15(2)19(12-14)31-11-5-10-22(3,4)20(30)29-21(32)28-18-13-16(23(25,26)27)8-9-17(18)24/h6-9,12-13H,5,10-11H2,1-4H3,(H2,28,29,30,32). The molecule has 2 aromatic carbocycles. The van der Waals surface area contributed by atoms with Gasteiger partial charge in [-0.2, -0.15) is 13.2 Å². The van der Waals surface area contributed by atoms with Gasteiger partial charge in [-0.25, -0.2) is 0 Å². The van der Waals surface area contributed by atoms with E-state index in [1.54, 1.807) is 13.8 Å². The Morgan fingerprint density at radius 2 is 1.81 bits per heavy atom. The van der Waals surface area contributed by atoms with Crippen molar-refractivity contribution in [2.75, 3.05) is 11.9 Å². The summed E-state index contributed by atoms with van der Waals surface area (Å²) in [7, 11) is 0. The van der Waals surface area contributed by atoms with Crippen LogP contribution in [0.3, 0.4) is 0 Å². The number of amides is 1. The zero-order valence-electron chi connectivity index (χ0n) is 18.3. The number of thiocarbonyl (C=S) groups is 1. The lowest BCUT2D eigenvalue weighted by Gasteiger charge is -2.24. The molecule has 0 saturated carbocycles. The van der Waals surface area contributed by atoms with Crippen LogP contribution in [0.2, 0.25) is 5.02 Å². The highest BCUT2D eigenvalue weighted by Gasteiger charge is 2.31. The number of benzene rings is 2. The Kier molecular flexibility index (Phi) is 8.54. The Balaban J connectivity index is 1.89. The molecule has 9 heteroatoms. The van der Waals surface area contributed by atoms with Crippen molar-refractivity contribution in [2.24, 2.45) is 5.41 Å². The Bertz CT molecular complexity index is 994. The van der Waals surface area contributed by atoms with Crippen LogP contribution in [-0.2, 0) is 11.0 Å². The number of aryl methyl sites for hydroxylation is 2. The van der Waals surface area contributed by atoms with E-state index >= 15 is 0 Å². The van der Waals surface area contributed by atoms with Crippen molar-refractivity contribution in [1.82, 2.24) is 5.32 Å². The van der Waals surface area contributed by atoms with Crippen molar-refractivity contribution < 1.29 is 22.7 Å². The van der Waals surface area contributed by atoms with E-state index in [-0.39, 0.29) is 21.7 Å². The number of hydrogen-bond acceptors (Lipinski definition) is 3. The van der Waals surface area contributed by atoms with Gasteiger partial charge in [0, 0.05) is 5.41 Å². The van der Waals surface area contributed by atoms with Gasteiger partial charge in [0.05, 0.1) is 22.9 Å². The van der Waals surface area contributed by atoms with Gasteiger partial charge in [-0.3, -0.25) is 4.79 Å². The summed E-state index contributed by atoms with van der Waals surface area (Å²) in [5.41, 5.74) is 0.465. The fourth-order valence-corrected chi connectivity index (χ4v) is 3.26. The van der Waals surface area contributed by atoms with E-state index < -0.39 is 17.2 Å². The normalized spacial score (nSPS) is 11.8. The molecule has 0 bridgehead atoms. The van der Waals surface area contributed by atoms with Crippen molar-refractivity contribution in [3.05, 3.63) is 58.1 Å². The van der Waals surface area contributed by atoms with E-state index in [2.05, 4.69) is 10.6 Å². The maximum absolute atomic E-state index is 12.9. The molecule has 174 valence electrons. The van der Waals surface area contributed by atoms with Crippen molar-refractivity contribution in [2.45, 2.75) is 46.7 Å². The lowest BCUT2D eigenvalue weighted by atomic mass is 9.87. The molecule has 0 radical (unpaired) electrons. The number of ether oxygens (including phenoxy) is 1. The van der Waals surface area contributed by atoms with Gasteiger partial charge in [0.15, 0.2) is 5.11 Å². The monoisotopic (exact) mass is 486 g/mol. The number of carbonyl (C=O) groups is 1. The average molecular weight is 487 g/mol. The molecule has 0 unspecified atom stereocenters. The van der Waals surface area contributed by atoms with Crippen molar-refractivity contribution >= 4 is 40.5 Å². The Labute approximate surface area is 196 Å². The minimum atomic E-state index is -4.52. The van der Waals surface area contributed by atoms with Gasteiger partial charge in [0.25, 0.3) is 0 Å². The molecule has 2 N–H and O–H groups in total. The highest BCUT2D eigenvalue weighted by Crippen LogP contribution is 2.34. The molecule has 0 heterocycles. The molecule has 0 fully saturated rings. The third-order valence-electron chi connectivity index (χ3n) is 4.93. The zero-order valence-corrected chi connectivity index (χ0v) is 19.9. The van der Waals surface area contributed by atoms with E-state index in [0.717, 1.165) is 35.1 Å². The van der Waals surface area contributed by atoms with Crippen LogP contribution in [0.15, 0.2) is 36.4 Å². The third kappa shape index (κ3) is 7.38. The van der Waals surface area contributed by atoms with Gasteiger partial charge in [0.1, 0.15) is 5.75 Å². The molecule has 0 aromatic heterocycles. The molecular formula is C23H26ClF3N2O2S. The quantitative estimate of drug-likeness (QED) is 0.339. The first kappa shape index (κ1) is 25.9. The molecule has 2 rings (SSSR count). The van der Waals surface area contributed by atoms with Crippen LogP contribution in [-0.4, -0.2) is 17.6 Å². The van der Waals surface area contributed by atoms with Crippen molar-refractivity contribution in [3.63, 3.8) is 0 Å². The largest absolute Gasteiger partial charge is 0.493 e. The minimum Gasteiger partial charge on any atom is -0.493 e. The van der Waals surface area contributed by atoms with Crippen LogP contribution >= 0.6 is 23.8 Å². The van der Waals surface area contributed by atoms with Gasteiger partial charge < -0.3 is 15.4 Å². The average Bonchev–Trinajstić information content (AvgIpc) is 2.68. The molecule has 0 aliphatic carbocycles. The summed E-state index contributed by atoms with van der Waals surface area (Å²) in [5.74, 6) is 0.459. The van der Waals surface area contributed by atoms with Gasteiger partial charge in [-0.15, -0.1) is 0 Å². The highest BCUT2D eigenvalue weighted by molar-refractivity contribution is 7.80. The predicted octanol–water partition coefficient (Wildman–Crippen LogP) is 6.67. The summed E-state index contributed by atoms with van der Waals surface area (Å²) in [6.07, 6.45) is -3.36. The first-order chi connectivity index (χ1) is 14.8. The fraction of sp³-hybridized carbons (Fsp3) is 0.391. The first-order valence-electron chi connectivity index (χ1n) is 9.99. The van der Waals surface area contributed by atoms with Crippen LogP contribution < -0.4 is 15.4 Å². The van der Waals surface area contributed by atoms with Crippen LogP contribution in [0.4, 0.5) is 18.9 Å². The van der Waals surface area contributed by atoms with E-state index in [0.29, 0.717) is 19.4 Å². The number of carbonyl (C=O) groups excluding carboxylic acids is 1. The minimum absolute atomic E-state index is 0.0356. The molecule has 4 nitrogen and oxygen atoms in total. The predicted molar refractivity (Wildman–Crippen MR) is 125 cm³/mol. The lowest BCUT2D eigenvalue weighted by Crippen LogP contribution is -2.42. The summed E-state index contributed by atoms with van der Waals surface area (Å²) in [4.78, 5) is 12.6. The van der Waals surface area contributed by atoms with Crippen molar-refractivity contribution in [1.29, 1.82) is 0 Å².